The van der Waals surface area contributed by atoms with E-state index in [-0.39, 0.29) is 23.9 Å². The van der Waals surface area contributed by atoms with E-state index < -0.39 is 35.0 Å². The minimum Gasteiger partial charge on any atom is -0.395 e. The van der Waals surface area contributed by atoms with Gasteiger partial charge in [0.05, 0.1) is 30.7 Å². The third kappa shape index (κ3) is 3.77. The molecule has 0 aliphatic carbocycles. The topological polar surface area (TPSA) is 123 Å². The van der Waals surface area contributed by atoms with Gasteiger partial charge >= 0.3 is 0 Å². The maximum absolute atomic E-state index is 13.2. The molecule has 1 atom stereocenters. The van der Waals surface area contributed by atoms with Gasteiger partial charge in [0.2, 0.25) is 5.91 Å². The van der Waals surface area contributed by atoms with Gasteiger partial charge in [-0.05, 0) is 19.1 Å². The van der Waals surface area contributed by atoms with Crippen molar-refractivity contribution in [2.45, 2.75) is 43.3 Å². The lowest BCUT2D eigenvalue weighted by Crippen LogP contribution is -2.46. The van der Waals surface area contributed by atoms with Crippen LogP contribution in [0, 0.1) is 0 Å². The first-order chi connectivity index (χ1) is 15.1. The molecule has 3 aromatic rings. The second-order valence-electron chi connectivity index (χ2n) is 7.63. The molecule has 1 aliphatic heterocycles. The molecule has 0 radical (unpaired) electrons. The van der Waals surface area contributed by atoms with Crippen molar-refractivity contribution in [2.75, 3.05) is 6.61 Å². The standard InChI is InChI=1S/C19H20F2N6O4S/c1-19(12-28,16-4-2-3-5-22-16)18(29)25-7-13-8-27(24-15(13)10-25)32(30,31)14-6-23-26(9-14)11-17(20)21/h2-6,8-9,17,28H,7,10-12H2,1H3/t19-/m1/s1. The van der Waals surface area contributed by atoms with E-state index in [1.54, 1.807) is 25.1 Å². The summed E-state index contributed by atoms with van der Waals surface area (Å²) in [6, 6.07) is 5.09. The third-order valence-corrected chi connectivity index (χ3v) is 6.83. The second-order valence-corrected chi connectivity index (χ2v) is 9.43. The van der Waals surface area contributed by atoms with Crippen LogP contribution in [0.3, 0.4) is 0 Å². The summed E-state index contributed by atoms with van der Waals surface area (Å²) >= 11 is 0. The van der Waals surface area contributed by atoms with Crippen molar-refractivity contribution >= 4 is 15.9 Å². The van der Waals surface area contributed by atoms with Crippen LogP contribution in [0.5, 0.6) is 0 Å². The Hall–Kier alpha value is -3.19. The van der Waals surface area contributed by atoms with Crippen molar-refractivity contribution in [3.8, 4) is 0 Å². The van der Waals surface area contributed by atoms with Gasteiger partial charge in [-0.2, -0.15) is 22.7 Å². The van der Waals surface area contributed by atoms with Crippen molar-refractivity contribution in [2.24, 2.45) is 0 Å². The first kappa shape index (κ1) is 22.0. The minimum absolute atomic E-state index is 0.0593. The third-order valence-electron chi connectivity index (χ3n) is 5.34. The molecule has 10 nitrogen and oxygen atoms in total. The molecule has 0 fully saturated rings. The Labute approximate surface area is 182 Å². The number of hydrogen-bond acceptors (Lipinski definition) is 7. The molecule has 1 amide bonds. The predicted octanol–water partition coefficient (Wildman–Crippen LogP) is 0.769. The SMILES string of the molecule is C[C@](CO)(C(=O)N1Cc2cn(S(=O)(=O)c3cnn(CC(F)F)c3)nc2C1)c1ccccn1. The Morgan fingerprint density at radius 3 is 2.69 bits per heavy atom. The summed E-state index contributed by atoms with van der Waals surface area (Å²) in [5, 5.41) is 17.7. The summed E-state index contributed by atoms with van der Waals surface area (Å²) in [6.45, 7) is 0.590. The van der Waals surface area contributed by atoms with E-state index in [9.17, 15) is 27.1 Å². The van der Waals surface area contributed by atoms with E-state index in [1.807, 2.05) is 0 Å². The van der Waals surface area contributed by atoms with Crippen molar-refractivity contribution in [1.82, 2.24) is 28.9 Å². The van der Waals surface area contributed by atoms with Gasteiger partial charge in [0.15, 0.2) is 0 Å². The van der Waals surface area contributed by atoms with Gasteiger partial charge in [0, 0.05) is 30.7 Å². The first-order valence-corrected chi connectivity index (χ1v) is 11.0. The van der Waals surface area contributed by atoms with Crippen LogP contribution in [0.15, 0.2) is 47.9 Å². The number of carbonyl (C=O) groups excluding carboxylic acids is 1. The number of carbonyl (C=O) groups is 1. The molecule has 0 unspecified atom stereocenters. The number of aromatic nitrogens is 5. The quantitative estimate of drug-likeness (QED) is 0.546. The van der Waals surface area contributed by atoms with Gasteiger partial charge in [-0.3, -0.25) is 14.5 Å². The highest BCUT2D eigenvalue weighted by molar-refractivity contribution is 7.89. The van der Waals surface area contributed by atoms with Crippen LogP contribution < -0.4 is 0 Å². The predicted molar refractivity (Wildman–Crippen MR) is 106 cm³/mol. The minimum atomic E-state index is -4.12. The number of fused-ring (bicyclic) bond motifs is 1. The van der Waals surface area contributed by atoms with Crippen molar-refractivity contribution in [3.63, 3.8) is 0 Å². The van der Waals surface area contributed by atoms with Crippen LogP contribution in [-0.4, -0.2) is 61.3 Å². The molecular weight excluding hydrogens is 446 g/mol. The van der Waals surface area contributed by atoms with Crippen LogP contribution in [0.1, 0.15) is 23.9 Å². The molecule has 0 saturated carbocycles. The normalized spacial score (nSPS) is 15.7. The van der Waals surface area contributed by atoms with Crippen LogP contribution >= 0.6 is 0 Å². The number of amides is 1. The van der Waals surface area contributed by atoms with Crippen molar-refractivity contribution < 1.29 is 27.1 Å². The molecular formula is C19H20F2N6O4S. The zero-order valence-electron chi connectivity index (χ0n) is 17.0. The van der Waals surface area contributed by atoms with E-state index in [0.29, 0.717) is 17.0 Å². The lowest BCUT2D eigenvalue weighted by atomic mass is 9.85. The number of halogens is 2. The number of alkyl halides is 2. The van der Waals surface area contributed by atoms with E-state index >= 15 is 0 Å². The molecule has 13 heteroatoms. The number of aliphatic hydroxyl groups is 1. The highest BCUT2D eigenvalue weighted by Gasteiger charge is 2.42. The summed E-state index contributed by atoms with van der Waals surface area (Å²) in [5.41, 5.74) is 0.0865. The van der Waals surface area contributed by atoms with E-state index in [2.05, 4.69) is 15.2 Å². The van der Waals surface area contributed by atoms with Crippen molar-refractivity contribution in [1.29, 1.82) is 0 Å². The largest absolute Gasteiger partial charge is 0.395 e. The molecule has 0 saturated heterocycles. The molecule has 32 heavy (non-hydrogen) atoms. The highest BCUT2D eigenvalue weighted by Crippen LogP contribution is 2.30. The number of aliphatic hydroxyl groups excluding tert-OH is 1. The zero-order chi connectivity index (χ0) is 23.1. The van der Waals surface area contributed by atoms with Gasteiger partial charge in [0.25, 0.3) is 16.4 Å². The Kier molecular flexibility index (Phi) is 5.54. The number of pyridine rings is 1. The van der Waals surface area contributed by atoms with Gasteiger partial charge in [-0.25, -0.2) is 8.78 Å². The zero-order valence-corrected chi connectivity index (χ0v) is 17.8. The number of rotatable bonds is 7. The molecule has 3 aromatic heterocycles. The summed E-state index contributed by atoms with van der Waals surface area (Å²) in [6.07, 6.45) is 2.16. The molecule has 0 spiro atoms. The molecule has 170 valence electrons. The molecule has 0 aromatic carbocycles. The highest BCUT2D eigenvalue weighted by atomic mass is 32.2. The smallest absolute Gasteiger partial charge is 0.286 e. The lowest BCUT2D eigenvalue weighted by Gasteiger charge is -2.30. The fourth-order valence-electron chi connectivity index (χ4n) is 3.52. The summed E-state index contributed by atoms with van der Waals surface area (Å²) in [4.78, 5) is 18.6. The molecule has 0 bridgehead atoms. The van der Waals surface area contributed by atoms with Crippen LogP contribution in [0.25, 0.3) is 0 Å². The average Bonchev–Trinajstić information content (AvgIpc) is 3.48. The van der Waals surface area contributed by atoms with Crippen LogP contribution in [0.4, 0.5) is 8.78 Å². The van der Waals surface area contributed by atoms with Crippen LogP contribution in [-0.2, 0) is 39.9 Å². The van der Waals surface area contributed by atoms with Crippen LogP contribution in [0.2, 0.25) is 0 Å². The van der Waals surface area contributed by atoms with Gasteiger partial charge in [0.1, 0.15) is 16.9 Å². The monoisotopic (exact) mass is 466 g/mol. The number of hydrogen-bond donors (Lipinski definition) is 1. The Bertz CT molecular complexity index is 1220. The molecule has 1 N–H and O–H groups in total. The van der Waals surface area contributed by atoms with Gasteiger partial charge < -0.3 is 10.0 Å². The maximum atomic E-state index is 13.2. The van der Waals surface area contributed by atoms with E-state index in [4.69, 9.17) is 0 Å². The first-order valence-electron chi connectivity index (χ1n) is 9.60. The van der Waals surface area contributed by atoms with E-state index in [0.717, 1.165) is 21.2 Å². The molecule has 1 aliphatic rings. The Morgan fingerprint density at radius 1 is 1.28 bits per heavy atom. The molecule has 4 rings (SSSR count). The lowest BCUT2D eigenvalue weighted by molar-refractivity contribution is -0.139. The summed E-state index contributed by atoms with van der Waals surface area (Å²) < 4.78 is 52.2. The summed E-state index contributed by atoms with van der Waals surface area (Å²) in [5.74, 6) is -0.362. The summed E-state index contributed by atoms with van der Waals surface area (Å²) in [7, 11) is -4.12. The van der Waals surface area contributed by atoms with Gasteiger partial charge in [-0.1, -0.05) is 6.07 Å². The maximum Gasteiger partial charge on any atom is 0.286 e. The fourth-order valence-corrected chi connectivity index (χ4v) is 4.64. The molecule has 4 heterocycles. The number of nitrogens with zero attached hydrogens (tertiary/aromatic N) is 6. The van der Waals surface area contributed by atoms with Gasteiger partial charge in [-0.15, -0.1) is 0 Å². The van der Waals surface area contributed by atoms with Crippen molar-refractivity contribution in [3.05, 3.63) is 59.9 Å². The average molecular weight is 466 g/mol. The Morgan fingerprint density at radius 2 is 2.06 bits per heavy atom. The van der Waals surface area contributed by atoms with E-state index in [1.165, 1.54) is 17.3 Å². The second kappa shape index (κ2) is 8.06. The fraction of sp³-hybridized carbons (Fsp3) is 0.368. The Balaban J connectivity index is 1.54.